The zero-order valence-corrected chi connectivity index (χ0v) is 10.6. The summed E-state index contributed by atoms with van der Waals surface area (Å²) in [7, 11) is 0. The van der Waals surface area contributed by atoms with Crippen molar-refractivity contribution in [3.63, 3.8) is 0 Å². The number of ketones is 1. The molecule has 0 atom stereocenters. The molecule has 0 saturated heterocycles. The van der Waals surface area contributed by atoms with E-state index >= 15 is 0 Å². The molecule has 0 spiro atoms. The van der Waals surface area contributed by atoms with Gasteiger partial charge in [0.1, 0.15) is 0 Å². The average molecular weight is 210 g/mol. The predicted octanol–water partition coefficient (Wildman–Crippen LogP) is 4.52. The van der Waals surface area contributed by atoms with Gasteiger partial charge in [-0.25, -0.2) is 0 Å². The van der Waals surface area contributed by atoms with Gasteiger partial charge in [0.05, 0.1) is 0 Å². The highest BCUT2D eigenvalue weighted by Gasteiger charge is 2.00. The van der Waals surface area contributed by atoms with Crippen molar-refractivity contribution in [3.8, 4) is 0 Å². The first-order valence-corrected chi connectivity index (χ1v) is 6.38. The van der Waals surface area contributed by atoms with Crippen LogP contribution >= 0.6 is 0 Å². The van der Waals surface area contributed by atoms with Crippen molar-refractivity contribution in [2.45, 2.75) is 65.7 Å². The largest absolute Gasteiger partial charge is 0.295 e. The maximum absolute atomic E-state index is 11.2. The third-order valence-corrected chi connectivity index (χ3v) is 2.58. The van der Waals surface area contributed by atoms with Crippen molar-refractivity contribution in [3.05, 3.63) is 12.2 Å². The molecule has 0 radical (unpaired) electrons. The standard InChI is InChI=1S/C14H26O/c1-4-5-6-7-8-9-10-11-12-14(15)13(2)3/h11-13H,4-10H2,1-3H3/b12-11+. The molecule has 0 aliphatic heterocycles. The molecule has 0 unspecified atom stereocenters. The summed E-state index contributed by atoms with van der Waals surface area (Å²) < 4.78 is 0. The summed E-state index contributed by atoms with van der Waals surface area (Å²) in [6, 6.07) is 0. The Morgan fingerprint density at radius 1 is 1.07 bits per heavy atom. The Hall–Kier alpha value is -0.590. The van der Waals surface area contributed by atoms with Gasteiger partial charge in [0.2, 0.25) is 0 Å². The second-order valence-corrected chi connectivity index (χ2v) is 4.52. The maximum Gasteiger partial charge on any atom is 0.157 e. The summed E-state index contributed by atoms with van der Waals surface area (Å²) >= 11 is 0. The van der Waals surface area contributed by atoms with Gasteiger partial charge in [-0.3, -0.25) is 4.79 Å². The van der Waals surface area contributed by atoms with Crippen LogP contribution in [0.25, 0.3) is 0 Å². The van der Waals surface area contributed by atoms with Gasteiger partial charge in [0.25, 0.3) is 0 Å². The zero-order valence-electron chi connectivity index (χ0n) is 10.6. The highest BCUT2D eigenvalue weighted by atomic mass is 16.1. The van der Waals surface area contributed by atoms with Gasteiger partial charge < -0.3 is 0 Å². The van der Waals surface area contributed by atoms with Gasteiger partial charge in [-0.2, -0.15) is 0 Å². The lowest BCUT2D eigenvalue weighted by molar-refractivity contribution is -0.117. The van der Waals surface area contributed by atoms with Gasteiger partial charge in [-0.05, 0) is 18.9 Å². The van der Waals surface area contributed by atoms with E-state index in [4.69, 9.17) is 0 Å². The summed E-state index contributed by atoms with van der Waals surface area (Å²) in [5, 5.41) is 0. The van der Waals surface area contributed by atoms with Crippen LogP contribution in [0.4, 0.5) is 0 Å². The Morgan fingerprint density at radius 3 is 2.27 bits per heavy atom. The van der Waals surface area contributed by atoms with Crippen LogP contribution in [-0.2, 0) is 4.79 Å². The lowest BCUT2D eigenvalue weighted by Crippen LogP contribution is -2.01. The van der Waals surface area contributed by atoms with Crippen LogP contribution in [0.3, 0.4) is 0 Å². The Bertz CT molecular complexity index is 180. The fourth-order valence-corrected chi connectivity index (χ4v) is 1.43. The SMILES string of the molecule is CCCCCCCC/C=C/C(=O)C(C)C. The van der Waals surface area contributed by atoms with Crippen LogP contribution in [0.5, 0.6) is 0 Å². The topological polar surface area (TPSA) is 17.1 Å². The van der Waals surface area contributed by atoms with Gasteiger partial charge >= 0.3 is 0 Å². The predicted molar refractivity (Wildman–Crippen MR) is 67.0 cm³/mol. The molecule has 1 nitrogen and oxygen atoms in total. The second kappa shape index (κ2) is 9.95. The molecule has 0 fully saturated rings. The second-order valence-electron chi connectivity index (χ2n) is 4.52. The van der Waals surface area contributed by atoms with E-state index in [2.05, 4.69) is 6.92 Å². The van der Waals surface area contributed by atoms with Crippen molar-refractivity contribution in [2.24, 2.45) is 5.92 Å². The molecule has 0 N–H and O–H groups in total. The van der Waals surface area contributed by atoms with E-state index in [9.17, 15) is 4.79 Å². The molecular formula is C14H26O. The Balaban J connectivity index is 3.27. The molecule has 88 valence electrons. The average Bonchev–Trinajstić information content (AvgIpc) is 2.21. The third-order valence-electron chi connectivity index (χ3n) is 2.58. The molecular weight excluding hydrogens is 184 g/mol. The minimum absolute atomic E-state index is 0.144. The fourth-order valence-electron chi connectivity index (χ4n) is 1.43. The van der Waals surface area contributed by atoms with Crippen LogP contribution in [0.15, 0.2) is 12.2 Å². The molecule has 0 heterocycles. The molecule has 0 aromatic carbocycles. The Morgan fingerprint density at radius 2 is 1.67 bits per heavy atom. The normalized spacial score (nSPS) is 11.5. The third kappa shape index (κ3) is 9.71. The summed E-state index contributed by atoms with van der Waals surface area (Å²) in [4.78, 5) is 11.2. The van der Waals surface area contributed by atoms with Crippen LogP contribution in [-0.4, -0.2) is 5.78 Å². The first kappa shape index (κ1) is 14.4. The number of unbranched alkanes of at least 4 members (excludes halogenated alkanes) is 6. The van der Waals surface area contributed by atoms with E-state index in [0.717, 1.165) is 6.42 Å². The summed E-state index contributed by atoms with van der Waals surface area (Å²) in [5.41, 5.74) is 0. The molecule has 0 aromatic heterocycles. The molecule has 0 rings (SSSR count). The van der Waals surface area contributed by atoms with Crippen molar-refractivity contribution in [1.29, 1.82) is 0 Å². The molecule has 0 bridgehead atoms. The monoisotopic (exact) mass is 210 g/mol. The van der Waals surface area contributed by atoms with E-state index in [-0.39, 0.29) is 11.7 Å². The molecule has 0 amide bonds. The van der Waals surface area contributed by atoms with Crippen molar-refractivity contribution in [2.75, 3.05) is 0 Å². The summed E-state index contributed by atoms with van der Waals surface area (Å²) in [6.07, 6.45) is 12.8. The van der Waals surface area contributed by atoms with Crippen LogP contribution in [0.1, 0.15) is 65.7 Å². The smallest absolute Gasteiger partial charge is 0.157 e. The first-order chi connectivity index (χ1) is 7.18. The fraction of sp³-hybridized carbons (Fsp3) is 0.786. The highest BCUT2D eigenvalue weighted by Crippen LogP contribution is 2.07. The number of hydrogen-bond acceptors (Lipinski definition) is 1. The minimum atomic E-state index is 0.144. The number of carbonyl (C=O) groups is 1. The Labute approximate surface area is 95.0 Å². The van der Waals surface area contributed by atoms with E-state index in [1.54, 1.807) is 6.08 Å². The van der Waals surface area contributed by atoms with Crippen LogP contribution < -0.4 is 0 Å². The summed E-state index contributed by atoms with van der Waals surface area (Å²) in [5.74, 6) is 0.395. The highest BCUT2D eigenvalue weighted by molar-refractivity contribution is 5.91. The molecule has 1 heteroatoms. The minimum Gasteiger partial charge on any atom is -0.295 e. The number of rotatable bonds is 9. The van der Waals surface area contributed by atoms with Crippen LogP contribution in [0.2, 0.25) is 0 Å². The maximum atomic E-state index is 11.2. The molecule has 0 aliphatic carbocycles. The Kier molecular flexibility index (Phi) is 9.55. The quantitative estimate of drug-likeness (QED) is 0.404. The van der Waals surface area contributed by atoms with E-state index in [0.29, 0.717) is 0 Å². The van der Waals surface area contributed by atoms with E-state index in [1.807, 2.05) is 19.9 Å². The molecule has 0 saturated carbocycles. The lowest BCUT2D eigenvalue weighted by Gasteiger charge is -1.98. The van der Waals surface area contributed by atoms with Crippen molar-refractivity contribution >= 4 is 5.78 Å². The van der Waals surface area contributed by atoms with Gasteiger partial charge in [0.15, 0.2) is 5.78 Å². The lowest BCUT2D eigenvalue weighted by atomic mass is 10.1. The van der Waals surface area contributed by atoms with Crippen molar-refractivity contribution in [1.82, 2.24) is 0 Å². The molecule has 15 heavy (non-hydrogen) atoms. The zero-order chi connectivity index (χ0) is 11.5. The van der Waals surface area contributed by atoms with Crippen molar-refractivity contribution < 1.29 is 4.79 Å². The molecule has 0 aromatic rings. The number of carbonyl (C=O) groups excluding carboxylic acids is 1. The van der Waals surface area contributed by atoms with E-state index in [1.165, 1.54) is 38.5 Å². The van der Waals surface area contributed by atoms with Gasteiger partial charge in [-0.1, -0.05) is 59.0 Å². The molecule has 0 aliphatic rings. The summed E-state index contributed by atoms with van der Waals surface area (Å²) in [6.45, 7) is 6.12. The number of allylic oxidation sites excluding steroid dienone is 2. The van der Waals surface area contributed by atoms with Gasteiger partial charge in [-0.15, -0.1) is 0 Å². The van der Waals surface area contributed by atoms with Gasteiger partial charge in [0, 0.05) is 5.92 Å². The first-order valence-electron chi connectivity index (χ1n) is 6.38. The van der Waals surface area contributed by atoms with Crippen LogP contribution in [0, 0.1) is 5.92 Å². The number of hydrogen-bond donors (Lipinski definition) is 0. The van der Waals surface area contributed by atoms with E-state index < -0.39 is 0 Å².